The van der Waals surface area contributed by atoms with Crippen molar-refractivity contribution < 1.29 is 22.7 Å². The van der Waals surface area contributed by atoms with Crippen LogP contribution in [0.2, 0.25) is 0 Å². The molecule has 0 aliphatic carbocycles. The van der Waals surface area contributed by atoms with Gasteiger partial charge in [0.1, 0.15) is 11.9 Å². The summed E-state index contributed by atoms with van der Waals surface area (Å²) in [6.45, 7) is 1.53. The number of thiophene rings is 1. The van der Waals surface area contributed by atoms with Gasteiger partial charge in [0.25, 0.3) is 0 Å². The summed E-state index contributed by atoms with van der Waals surface area (Å²) < 4.78 is 45.8. The first-order valence-electron chi connectivity index (χ1n) is 6.95. The van der Waals surface area contributed by atoms with E-state index < -0.39 is 21.9 Å². The normalized spacial score (nSPS) is 13.2. The molecule has 8 heteroatoms. The number of benzene rings is 1. The molecule has 5 nitrogen and oxygen atoms in total. The first-order chi connectivity index (χ1) is 10.9. The first kappa shape index (κ1) is 18.0. The van der Waals surface area contributed by atoms with E-state index in [1.807, 2.05) is 17.5 Å². The van der Waals surface area contributed by atoms with Crippen LogP contribution in [0.1, 0.15) is 16.5 Å². The molecule has 23 heavy (non-hydrogen) atoms. The number of aliphatic hydroxyl groups is 1. The highest BCUT2D eigenvalue weighted by Crippen LogP contribution is 2.23. The minimum absolute atomic E-state index is 0.0274. The lowest BCUT2D eigenvalue weighted by atomic mass is 10.2. The number of hydrogen-bond donors (Lipinski definition) is 2. The Balaban J connectivity index is 2.12. The van der Waals surface area contributed by atoms with Gasteiger partial charge in [-0.1, -0.05) is 6.07 Å². The van der Waals surface area contributed by atoms with Crippen molar-refractivity contribution in [3.05, 3.63) is 52.0 Å². The van der Waals surface area contributed by atoms with E-state index in [0.29, 0.717) is 5.56 Å². The molecule has 0 aliphatic heterocycles. The molecule has 2 N–H and O–H groups in total. The van der Waals surface area contributed by atoms with E-state index in [1.54, 1.807) is 0 Å². The van der Waals surface area contributed by atoms with Gasteiger partial charge in [0, 0.05) is 11.4 Å². The van der Waals surface area contributed by atoms with Crippen LogP contribution in [0.5, 0.6) is 0 Å². The molecule has 1 atom stereocenters. The lowest BCUT2D eigenvalue weighted by Crippen LogP contribution is -2.30. The van der Waals surface area contributed by atoms with Crippen molar-refractivity contribution >= 4 is 21.4 Å². The average Bonchev–Trinajstić information content (AvgIpc) is 3.01. The Bertz CT molecular complexity index is 732. The van der Waals surface area contributed by atoms with Gasteiger partial charge in [-0.15, -0.1) is 11.3 Å². The second-order valence-corrected chi connectivity index (χ2v) is 7.57. The SMILES string of the molecule is Cc1cc(F)ccc1S(=O)(=O)NC[C@@H](OCCO)c1cccs1. The highest BCUT2D eigenvalue weighted by atomic mass is 32.2. The number of aryl methyl sites for hydroxylation is 1. The number of halogens is 1. The Morgan fingerprint density at radius 2 is 2.17 bits per heavy atom. The second kappa shape index (κ2) is 7.98. The summed E-state index contributed by atoms with van der Waals surface area (Å²) in [5.41, 5.74) is 0.335. The van der Waals surface area contributed by atoms with Gasteiger partial charge in [-0.3, -0.25) is 0 Å². The predicted octanol–water partition coefficient (Wildman–Crippen LogP) is 2.22. The van der Waals surface area contributed by atoms with Crippen LogP contribution in [0, 0.1) is 12.7 Å². The van der Waals surface area contributed by atoms with Crippen molar-refractivity contribution in [2.24, 2.45) is 0 Å². The predicted molar refractivity (Wildman–Crippen MR) is 86.4 cm³/mol. The third-order valence-corrected chi connectivity index (χ3v) is 5.70. The Labute approximate surface area is 138 Å². The van der Waals surface area contributed by atoms with E-state index in [2.05, 4.69) is 4.72 Å². The topological polar surface area (TPSA) is 75.6 Å². The zero-order chi connectivity index (χ0) is 16.9. The van der Waals surface area contributed by atoms with Crippen LogP contribution in [-0.2, 0) is 14.8 Å². The first-order valence-corrected chi connectivity index (χ1v) is 9.32. The van der Waals surface area contributed by atoms with Gasteiger partial charge >= 0.3 is 0 Å². The molecule has 0 radical (unpaired) electrons. The fourth-order valence-corrected chi connectivity index (χ4v) is 4.12. The summed E-state index contributed by atoms with van der Waals surface area (Å²) in [6, 6.07) is 7.20. The molecule has 0 amide bonds. The van der Waals surface area contributed by atoms with Crippen molar-refractivity contribution in [1.29, 1.82) is 0 Å². The van der Waals surface area contributed by atoms with Gasteiger partial charge in [0.05, 0.1) is 18.1 Å². The average molecular weight is 359 g/mol. The molecular formula is C15H18FNO4S2. The maximum atomic E-state index is 13.1. The van der Waals surface area contributed by atoms with Gasteiger partial charge in [-0.2, -0.15) is 0 Å². The summed E-state index contributed by atoms with van der Waals surface area (Å²) >= 11 is 1.44. The van der Waals surface area contributed by atoms with Crippen molar-refractivity contribution in [3.63, 3.8) is 0 Å². The van der Waals surface area contributed by atoms with Crippen LogP contribution in [0.3, 0.4) is 0 Å². The number of aliphatic hydroxyl groups excluding tert-OH is 1. The van der Waals surface area contributed by atoms with Crippen LogP contribution in [0.4, 0.5) is 4.39 Å². The zero-order valence-electron chi connectivity index (χ0n) is 12.5. The summed E-state index contributed by atoms with van der Waals surface area (Å²) in [7, 11) is -3.77. The molecule has 0 saturated heterocycles. The summed E-state index contributed by atoms with van der Waals surface area (Å²) in [4.78, 5) is 0.892. The van der Waals surface area contributed by atoms with Crippen molar-refractivity contribution in [1.82, 2.24) is 4.72 Å². The van der Waals surface area contributed by atoms with Gasteiger partial charge in [-0.05, 0) is 42.1 Å². The zero-order valence-corrected chi connectivity index (χ0v) is 14.2. The maximum Gasteiger partial charge on any atom is 0.240 e. The lowest BCUT2D eigenvalue weighted by molar-refractivity contribution is 0.0328. The molecule has 0 saturated carbocycles. The molecule has 0 bridgehead atoms. The standard InChI is InChI=1S/C15H18FNO4S2/c1-11-9-12(16)4-5-15(11)23(19,20)17-10-13(21-7-6-18)14-3-2-8-22-14/h2-5,8-9,13,17-18H,6-7,10H2,1H3/t13-/m1/s1. The van der Waals surface area contributed by atoms with Gasteiger partial charge < -0.3 is 9.84 Å². The highest BCUT2D eigenvalue weighted by molar-refractivity contribution is 7.89. The van der Waals surface area contributed by atoms with E-state index in [-0.39, 0.29) is 24.7 Å². The molecule has 1 heterocycles. The third-order valence-electron chi connectivity index (χ3n) is 3.16. The van der Waals surface area contributed by atoms with E-state index in [4.69, 9.17) is 9.84 Å². The van der Waals surface area contributed by atoms with Crippen LogP contribution < -0.4 is 4.72 Å². The number of sulfonamides is 1. The number of rotatable bonds is 8. The summed E-state index contributed by atoms with van der Waals surface area (Å²) in [5, 5.41) is 10.7. The van der Waals surface area contributed by atoms with Gasteiger partial charge in [0.15, 0.2) is 0 Å². The Hall–Kier alpha value is -1.32. The summed E-state index contributed by atoms with van der Waals surface area (Å²) in [5.74, 6) is -0.482. The van der Waals surface area contributed by atoms with Crippen molar-refractivity contribution in [2.45, 2.75) is 17.9 Å². The van der Waals surface area contributed by atoms with Crippen LogP contribution in [0.25, 0.3) is 0 Å². The minimum Gasteiger partial charge on any atom is -0.394 e. The quantitative estimate of drug-likeness (QED) is 0.758. The van der Waals surface area contributed by atoms with Crippen molar-refractivity contribution in [2.75, 3.05) is 19.8 Å². The molecule has 0 aliphatic rings. The summed E-state index contributed by atoms with van der Waals surface area (Å²) in [6.07, 6.45) is -0.488. The largest absolute Gasteiger partial charge is 0.394 e. The van der Waals surface area contributed by atoms with Crippen LogP contribution >= 0.6 is 11.3 Å². The second-order valence-electron chi connectivity index (χ2n) is 4.86. The van der Waals surface area contributed by atoms with E-state index >= 15 is 0 Å². The Kier molecular flexibility index (Phi) is 6.25. The highest BCUT2D eigenvalue weighted by Gasteiger charge is 2.21. The van der Waals surface area contributed by atoms with E-state index in [9.17, 15) is 12.8 Å². The monoisotopic (exact) mass is 359 g/mol. The van der Waals surface area contributed by atoms with Crippen LogP contribution in [-0.4, -0.2) is 33.3 Å². The van der Waals surface area contributed by atoms with Crippen LogP contribution in [0.15, 0.2) is 40.6 Å². The number of nitrogens with one attached hydrogen (secondary N) is 1. The molecule has 126 valence electrons. The number of ether oxygens (including phenoxy) is 1. The smallest absolute Gasteiger partial charge is 0.240 e. The Morgan fingerprint density at radius 3 is 2.78 bits per heavy atom. The van der Waals surface area contributed by atoms with Gasteiger partial charge in [0.2, 0.25) is 10.0 Å². The molecule has 2 aromatic rings. The molecule has 0 unspecified atom stereocenters. The Morgan fingerprint density at radius 1 is 1.39 bits per heavy atom. The lowest BCUT2D eigenvalue weighted by Gasteiger charge is -2.17. The molecule has 0 spiro atoms. The van der Waals surface area contributed by atoms with Crippen molar-refractivity contribution in [3.8, 4) is 0 Å². The van der Waals surface area contributed by atoms with E-state index in [0.717, 1.165) is 10.9 Å². The third kappa shape index (κ3) is 4.82. The van der Waals surface area contributed by atoms with Gasteiger partial charge in [-0.25, -0.2) is 17.5 Å². The minimum atomic E-state index is -3.77. The number of hydrogen-bond acceptors (Lipinski definition) is 5. The molecule has 1 aromatic heterocycles. The fraction of sp³-hybridized carbons (Fsp3) is 0.333. The molecule has 0 fully saturated rings. The molecular weight excluding hydrogens is 341 g/mol. The molecule has 2 rings (SSSR count). The fourth-order valence-electron chi connectivity index (χ4n) is 2.09. The molecule has 1 aromatic carbocycles. The maximum absolute atomic E-state index is 13.1. The van der Waals surface area contributed by atoms with E-state index in [1.165, 1.54) is 30.4 Å².